The minimum Gasteiger partial charge on any atom is -0.382 e. The van der Waals surface area contributed by atoms with Crippen molar-refractivity contribution in [1.29, 1.82) is 0 Å². The van der Waals surface area contributed by atoms with E-state index in [1.165, 1.54) is 12.1 Å². The van der Waals surface area contributed by atoms with Gasteiger partial charge < -0.3 is 5.32 Å². The molecule has 1 nitrogen and oxygen atoms in total. The van der Waals surface area contributed by atoms with Crippen molar-refractivity contribution in [2.45, 2.75) is 45.3 Å². The van der Waals surface area contributed by atoms with Crippen molar-refractivity contribution in [1.82, 2.24) is 0 Å². The van der Waals surface area contributed by atoms with Crippen molar-refractivity contribution >= 4 is 17.3 Å². The van der Waals surface area contributed by atoms with E-state index in [2.05, 4.69) is 19.2 Å². The molecule has 0 saturated heterocycles. The fourth-order valence-electron chi connectivity index (χ4n) is 2.96. The number of halogens is 4. The lowest BCUT2D eigenvalue weighted by molar-refractivity contribution is -0.137. The van der Waals surface area contributed by atoms with Gasteiger partial charge in [-0.2, -0.15) is 13.2 Å². The van der Waals surface area contributed by atoms with Crippen molar-refractivity contribution in [2.24, 2.45) is 11.8 Å². The summed E-state index contributed by atoms with van der Waals surface area (Å²) in [4.78, 5) is 0. The van der Waals surface area contributed by atoms with Crippen LogP contribution in [0.2, 0.25) is 5.02 Å². The number of nitrogens with one attached hydrogen (secondary N) is 1. The van der Waals surface area contributed by atoms with E-state index in [0.717, 1.165) is 25.3 Å². The molecule has 1 fully saturated rings. The van der Waals surface area contributed by atoms with E-state index in [-0.39, 0.29) is 16.8 Å². The smallest absolute Gasteiger partial charge is 0.382 e. The Balaban J connectivity index is 2.21. The predicted octanol–water partition coefficient (Wildman–Crippen LogP) is 5.60. The Labute approximate surface area is 122 Å². The second-order valence-electron chi connectivity index (χ2n) is 5.83. The summed E-state index contributed by atoms with van der Waals surface area (Å²) in [5.41, 5.74) is -0.552. The Bertz CT molecular complexity index is 473. The zero-order valence-electron chi connectivity index (χ0n) is 11.6. The molecule has 1 aliphatic carbocycles. The van der Waals surface area contributed by atoms with Crippen molar-refractivity contribution in [3.63, 3.8) is 0 Å². The quantitative estimate of drug-likeness (QED) is 0.750. The van der Waals surface area contributed by atoms with Crippen molar-refractivity contribution in [3.8, 4) is 0 Å². The van der Waals surface area contributed by atoms with Crippen LogP contribution in [0.1, 0.15) is 38.7 Å². The highest BCUT2D eigenvalue weighted by molar-refractivity contribution is 6.30. The number of hydrogen-bond donors (Lipinski definition) is 1. The first-order valence-corrected chi connectivity index (χ1v) is 7.28. The first-order chi connectivity index (χ1) is 9.27. The van der Waals surface area contributed by atoms with Crippen LogP contribution in [0.3, 0.4) is 0 Å². The van der Waals surface area contributed by atoms with Gasteiger partial charge in [0.05, 0.1) is 5.56 Å². The topological polar surface area (TPSA) is 12.0 Å². The van der Waals surface area contributed by atoms with E-state index < -0.39 is 11.7 Å². The molecule has 0 radical (unpaired) electrons. The number of anilines is 1. The second kappa shape index (κ2) is 5.84. The molecule has 2 rings (SSSR count). The monoisotopic (exact) mass is 305 g/mol. The number of alkyl halides is 3. The summed E-state index contributed by atoms with van der Waals surface area (Å²) in [6.45, 7) is 4.28. The molecule has 1 aromatic carbocycles. The van der Waals surface area contributed by atoms with Gasteiger partial charge in [0.25, 0.3) is 0 Å². The molecular weight excluding hydrogens is 287 g/mol. The van der Waals surface area contributed by atoms with Gasteiger partial charge in [-0.25, -0.2) is 0 Å². The van der Waals surface area contributed by atoms with Crippen LogP contribution < -0.4 is 5.32 Å². The third-order valence-corrected chi connectivity index (χ3v) is 4.29. The summed E-state index contributed by atoms with van der Waals surface area (Å²) >= 11 is 5.69. The van der Waals surface area contributed by atoms with Gasteiger partial charge in [-0.3, -0.25) is 0 Å². The van der Waals surface area contributed by atoms with Crippen LogP contribution in [0.25, 0.3) is 0 Å². The Morgan fingerprint density at radius 2 is 1.90 bits per heavy atom. The van der Waals surface area contributed by atoms with Gasteiger partial charge in [0.15, 0.2) is 0 Å². The maximum absolute atomic E-state index is 13.0. The molecule has 5 heteroatoms. The molecule has 0 aliphatic heterocycles. The van der Waals surface area contributed by atoms with E-state index in [1.807, 2.05) is 0 Å². The lowest BCUT2D eigenvalue weighted by Gasteiger charge is -2.34. The Morgan fingerprint density at radius 3 is 2.50 bits per heavy atom. The molecule has 20 heavy (non-hydrogen) atoms. The van der Waals surface area contributed by atoms with Gasteiger partial charge in [0.2, 0.25) is 0 Å². The number of benzene rings is 1. The summed E-state index contributed by atoms with van der Waals surface area (Å²) < 4.78 is 39.1. The third kappa shape index (κ3) is 3.60. The van der Waals surface area contributed by atoms with Crippen LogP contribution in [-0.2, 0) is 6.18 Å². The summed E-state index contributed by atoms with van der Waals surface area (Å²) in [7, 11) is 0. The average molecular weight is 306 g/mol. The molecule has 1 N–H and O–H groups in total. The Kier molecular flexibility index (Phi) is 4.52. The van der Waals surface area contributed by atoms with E-state index in [0.29, 0.717) is 11.8 Å². The highest BCUT2D eigenvalue weighted by atomic mass is 35.5. The van der Waals surface area contributed by atoms with Gasteiger partial charge in [-0.05, 0) is 49.3 Å². The summed E-state index contributed by atoms with van der Waals surface area (Å²) in [5.74, 6) is 1.02. The average Bonchev–Trinajstić information content (AvgIpc) is 2.33. The molecule has 1 saturated carbocycles. The molecule has 1 aliphatic rings. The predicted molar refractivity (Wildman–Crippen MR) is 76.0 cm³/mol. The normalized spacial score (nSPS) is 27.4. The zero-order chi connectivity index (χ0) is 14.9. The minimum absolute atomic E-state index is 0.0912. The molecule has 3 atom stereocenters. The van der Waals surface area contributed by atoms with Crippen LogP contribution in [0.4, 0.5) is 18.9 Å². The molecule has 0 bridgehead atoms. The zero-order valence-corrected chi connectivity index (χ0v) is 12.4. The highest BCUT2D eigenvalue weighted by Crippen LogP contribution is 2.38. The van der Waals surface area contributed by atoms with Gasteiger partial charge in [0.1, 0.15) is 0 Å². The van der Waals surface area contributed by atoms with Crippen LogP contribution >= 0.6 is 11.6 Å². The molecular formula is C15H19ClF3N. The molecule has 112 valence electrons. The lowest BCUT2D eigenvalue weighted by Crippen LogP contribution is -2.33. The van der Waals surface area contributed by atoms with Gasteiger partial charge in [0, 0.05) is 16.8 Å². The van der Waals surface area contributed by atoms with Crippen LogP contribution in [-0.4, -0.2) is 6.04 Å². The van der Waals surface area contributed by atoms with E-state index in [9.17, 15) is 13.2 Å². The number of rotatable bonds is 2. The van der Waals surface area contributed by atoms with Gasteiger partial charge >= 0.3 is 6.18 Å². The maximum atomic E-state index is 13.0. The fourth-order valence-corrected chi connectivity index (χ4v) is 3.13. The molecule has 0 spiro atoms. The second-order valence-corrected chi connectivity index (χ2v) is 6.27. The lowest BCUT2D eigenvalue weighted by atomic mass is 9.79. The third-order valence-electron chi connectivity index (χ3n) is 4.06. The maximum Gasteiger partial charge on any atom is 0.418 e. The fraction of sp³-hybridized carbons (Fsp3) is 0.600. The van der Waals surface area contributed by atoms with Gasteiger partial charge in [-0.1, -0.05) is 25.4 Å². The summed E-state index contributed by atoms with van der Waals surface area (Å²) in [6.07, 6.45) is -1.38. The SMILES string of the molecule is CC1CCC(Nc2ccc(Cl)cc2C(F)(F)F)C(C)C1. The molecule has 0 aromatic heterocycles. The van der Waals surface area contributed by atoms with Crippen molar-refractivity contribution in [2.75, 3.05) is 5.32 Å². The minimum atomic E-state index is -4.39. The Hall–Kier alpha value is -0.900. The standard InChI is InChI=1S/C15H19ClF3N/c1-9-3-5-13(10(2)7-9)20-14-6-4-11(16)8-12(14)15(17,18)19/h4,6,8-10,13,20H,3,5,7H2,1-2H3. The molecule has 0 amide bonds. The van der Waals surface area contributed by atoms with Gasteiger partial charge in [-0.15, -0.1) is 0 Å². The first kappa shape index (κ1) is 15.5. The van der Waals surface area contributed by atoms with Crippen LogP contribution in [0, 0.1) is 11.8 Å². The van der Waals surface area contributed by atoms with Crippen molar-refractivity contribution in [3.05, 3.63) is 28.8 Å². The number of hydrogen-bond acceptors (Lipinski definition) is 1. The first-order valence-electron chi connectivity index (χ1n) is 6.90. The van der Waals surface area contributed by atoms with E-state index in [1.54, 1.807) is 0 Å². The van der Waals surface area contributed by atoms with E-state index in [4.69, 9.17) is 11.6 Å². The highest BCUT2D eigenvalue weighted by Gasteiger charge is 2.35. The van der Waals surface area contributed by atoms with E-state index >= 15 is 0 Å². The van der Waals surface area contributed by atoms with Crippen molar-refractivity contribution < 1.29 is 13.2 Å². The molecule has 0 heterocycles. The van der Waals surface area contributed by atoms with Crippen LogP contribution in [0.5, 0.6) is 0 Å². The molecule has 1 aromatic rings. The molecule has 3 unspecified atom stereocenters. The summed E-state index contributed by atoms with van der Waals surface area (Å²) in [5, 5.41) is 3.18. The Morgan fingerprint density at radius 1 is 1.20 bits per heavy atom. The largest absolute Gasteiger partial charge is 0.418 e. The summed E-state index contributed by atoms with van der Waals surface area (Å²) in [6, 6.07) is 4.00. The van der Waals surface area contributed by atoms with Crippen LogP contribution in [0.15, 0.2) is 18.2 Å².